The molecule has 1 N–H and O–H groups in total. The molecule has 4 rings (SSSR count). The summed E-state index contributed by atoms with van der Waals surface area (Å²) in [4.78, 5) is 0. The summed E-state index contributed by atoms with van der Waals surface area (Å²) in [5, 5.41) is 0.160. The Balaban J connectivity index is 1.91. The van der Waals surface area contributed by atoms with Gasteiger partial charge in [-0.2, -0.15) is 17.9 Å². The molecule has 0 aliphatic heterocycles. The molecular formula is C25H28ClF3N2O2S. The van der Waals surface area contributed by atoms with Gasteiger partial charge in [-0.15, -0.1) is 0 Å². The van der Waals surface area contributed by atoms with E-state index in [9.17, 15) is 21.6 Å². The number of benzene rings is 2. The van der Waals surface area contributed by atoms with E-state index in [1.165, 1.54) is 6.20 Å². The monoisotopic (exact) mass is 512 g/mol. The SMILES string of the molecule is Cc1cccc(Cl)c1-c1ccc2c([C@H](NS(=O)(=O)C3CC3)C(F)(F)F)cn(CC(C)(C)C)c2c1. The Morgan fingerprint density at radius 3 is 2.38 bits per heavy atom. The van der Waals surface area contributed by atoms with Gasteiger partial charge in [0.2, 0.25) is 10.0 Å². The normalized spacial score (nSPS) is 16.2. The number of hydrogen-bond acceptors (Lipinski definition) is 2. The van der Waals surface area contributed by atoms with Crippen LogP contribution < -0.4 is 4.72 Å². The predicted molar refractivity (Wildman–Crippen MR) is 130 cm³/mol. The molecule has 9 heteroatoms. The first kappa shape index (κ1) is 25.1. The molecule has 0 unspecified atom stereocenters. The van der Waals surface area contributed by atoms with Crippen molar-refractivity contribution in [2.45, 2.75) is 64.5 Å². The van der Waals surface area contributed by atoms with Crippen LogP contribution in [0.5, 0.6) is 0 Å². The summed E-state index contributed by atoms with van der Waals surface area (Å²) in [6, 6.07) is 8.44. The molecule has 3 aromatic rings. The zero-order chi connectivity index (χ0) is 25.1. The Morgan fingerprint density at radius 2 is 1.82 bits per heavy atom. The molecule has 1 aliphatic rings. The highest BCUT2D eigenvalue weighted by Gasteiger charge is 2.47. The second-order valence-electron chi connectivity index (χ2n) is 10.3. The van der Waals surface area contributed by atoms with Crippen molar-refractivity contribution in [3.8, 4) is 11.1 Å². The molecular weight excluding hydrogens is 485 g/mol. The summed E-state index contributed by atoms with van der Waals surface area (Å²) in [7, 11) is -4.07. The van der Waals surface area contributed by atoms with Gasteiger partial charge in [0.1, 0.15) is 6.04 Å². The Hall–Kier alpha value is -2.03. The number of alkyl halides is 3. The summed E-state index contributed by atoms with van der Waals surface area (Å²) in [6.45, 7) is 8.37. The lowest BCUT2D eigenvalue weighted by Gasteiger charge is -2.22. The Morgan fingerprint density at radius 1 is 1.15 bits per heavy atom. The Kier molecular flexibility index (Phi) is 6.32. The maximum Gasteiger partial charge on any atom is 0.408 e. The molecule has 1 saturated carbocycles. The highest BCUT2D eigenvalue weighted by Crippen LogP contribution is 2.42. The van der Waals surface area contributed by atoms with E-state index in [2.05, 4.69) is 0 Å². The molecule has 1 atom stereocenters. The average Bonchev–Trinajstić information content (AvgIpc) is 3.50. The van der Waals surface area contributed by atoms with Crippen LogP contribution in [0.3, 0.4) is 0 Å². The lowest BCUT2D eigenvalue weighted by Crippen LogP contribution is -2.39. The zero-order valence-electron chi connectivity index (χ0n) is 19.5. The topological polar surface area (TPSA) is 51.1 Å². The molecule has 184 valence electrons. The first-order valence-corrected chi connectivity index (χ1v) is 13.1. The van der Waals surface area contributed by atoms with Crippen LogP contribution in [0.25, 0.3) is 22.0 Å². The molecule has 34 heavy (non-hydrogen) atoms. The van der Waals surface area contributed by atoms with Crippen molar-refractivity contribution in [2.75, 3.05) is 0 Å². The van der Waals surface area contributed by atoms with E-state index in [0.717, 1.165) is 16.7 Å². The number of sulfonamides is 1. The van der Waals surface area contributed by atoms with Gasteiger partial charge in [0.25, 0.3) is 0 Å². The Labute approximate surface area is 203 Å². The summed E-state index contributed by atoms with van der Waals surface area (Å²) >= 11 is 6.45. The second-order valence-corrected chi connectivity index (χ2v) is 12.7. The third kappa shape index (κ3) is 5.14. The quantitative estimate of drug-likeness (QED) is 0.386. The van der Waals surface area contributed by atoms with E-state index >= 15 is 0 Å². The molecule has 1 aromatic heterocycles. The minimum atomic E-state index is -4.79. The largest absolute Gasteiger partial charge is 0.408 e. The Bertz CT molecular complexity index is 1320. The highest BCUT2D eigenvalue weighted by atomic mass is 35.5. The molecule has 0 spiro atoms. The van der Waals surface area contributed by atoms with Crippen molar-refractivity contribution in [1.82, 2.24) is 9.29 Å². The van der Waals surface area contributed by atoms with Gasteiger partial charge in [-0.05, 0) is 48.4 Å². The van der Waals surface area contributed by atoms with Gasteiger partial charge in [-0.25, -0.2) is 8.42 Å². The summed E-state index contributed by atoms with van der Waals surface area (Å²) in [6.07, 6.45) is -2.59. The van der Waals surface area contributed by atoms with Crippen LogP contribution >= 0.6 is 11.6 Å². The predicted octanol–water partition coefficient (Wildman–Crippen LogP) is 7.00. The number of rotatable bonds is 6. The molecule has 0 radical (unpaired) electrons. The van der Waals surface area contributed by atoms with Crippen LogP contribution in [0.1, 0.15) is 50.8 Å². The van der Waals surface area contributed by atoms with E-state index in [4.69, 9.17) is 11.6 Å². The average molecular weight is 513 g/mol. The molecule has 4 nitrogen and oxygen atoms in total. The van der Waals surface area contributed by atoms with Crippen LogP contribution in [-0.2, 0) is 16.6 Å². The third-order valence-corrected chi connectivity index (χ3v) is 8.18. The molecule has 1 aliphatic carbocycles. The second kappa shape index (κ2) is 8.57. The first-order valence-electron chi connectivity index (χ1n) is 11.1. The van der Waals surface area contributed by atoms with Crippen molar-refractivity contribution in [1.29, 1.82) is 0 Å². The smallest absolute Gasteiger partial charge is 0.347 e. The van der Waals surface area contributed by atoms with Gasteiger partial charge in [-0.3, -0.25) is 0 Å². The number of hydrogen-bond donors (Lipinski definition) is 1. The molecule has 2 aromatic carbocycles. The van der Waals surface area contributed by atoms with Crippen molar-refractivity contribution < 1.29 is 21.6 Å². The fraction of sp³-hybridized carbons (Fsp3) is 0.440. The first-order chi connectivity index (χ1) is 15.7. The molecule has 1 fully saturated rings. The summed E-state index contributed by atoms with van der Waals surface area (Å²) in [5.74, 6) is 0. The van der Waals surface area contributed by atoms with Gasteiger partial charge in [0.15, 0.2) is 0 Å². The van der Waals surface area contributed by atoms with Gasteiger partial charge in [0, 0.05) is 39.8 Å². The standard InChI is InChI=1S/C25H28ClF3N2O2S/c1-15-6-5-7-20(26)22(15)16-8-11-18-19(13-31(21(18)12-16)14-24(2,3)4)23(25(27,28)29)30-34(32,33)17-9-10-17/h5-8,11-13,17,23,30H,9-10,14H2,1-4H3/t23-/m0/s1. The zero-order valence-corrected chi connectivity index (χ0v) is 21.1. The van der Waals surface area contributed by atoms with Gasteiger partial charge in [-0.1, -0.05) is 56.6 Å². The lowest BCUT2D eigenvalue weighted by molar-refractivity contribution is -0.152. The van der Waals surface area contributed by atoms with Crippen LogP contribution in [-0.4, -0.2) is 24.4 Å². The molecule has 0 bridgehead atoms. The number of nitrogens with zero attached hydrogens (tertiary/aromatic N) is 1. The highest BCUT2D eigenvalue weighted by molar-refractivity contribution is 7.90. The van der Waals surface area contributed by atoms with Crippen LogP contribution in [0, 0.1) is 12.3 Å². The van der Waals surface area contributed by atoms with Crippen LogP contribution in [0.2, 0.25) is 5.02 Å². The molecule has 1 heterocycles. The van der Waals surface area contributed by atoms with Crippen molar-refractivity contribution in [3.63, 3.8) is 0 Å². The van der Waals surface area contributed by atoms with Crippen LogP contribution in [0.15, 0.2) is 42.6 Å². The van der Waals surface area contributed by atoms with Crippen molar-refractivity contribution in [3.05, 3.63) is 58.7 Å². The maximum atomic E-state index is 14.2. The molecule has 0 amide bonds. The van der Waals surface area contributed by atoms with Gasteiger partial charge in [0.05, 0.1) is 5.25 Å². The van der Waals surface area contributed by atoms with Gasteiger partial charge < -0.3 is 4.57 Å². The number of fused-ring (bicyclic) bond motifs is 1. The third-order valence-electron chi connectivity index (χ3n) is 5.95. The van der Waals surface area contributed by atoms with E-state index in [0.29, 0.717) is 35.3 Å². The summed E-state index contributed by atoms with van der Waals surface area (Å²) < 4.78 is 71.3. The molecule has 0 saturated heterocycles. The van der Waals surface area contributed by atoms with E-state index in [-0.39, 0.29) is 11.0 Å². The summed E-state index contributed by atoms with van der Waals surface area (Å²) in [5.41, 5.74) is 2.84. The number of aryl methyl sites for hydroxylation is 1. The minimum Gasteiger partial charge on any atom is -0.347 e. The van der Waals surface area contributed by atoms with Crippen LogP contribution in [0.4, 0.5) is 13.2 Å². The number of aromatic nitrogens is 1. The van der Waals surface area contributed by atoms with Crippen molar-refractivity contribution >= 4 is 32.5 Å². The number of nitrogens with one attached hydrogen (secondary N) is 1. The fourth-order valence-electron chi connectivity index (χ4n) is 4.29. The minimum absolute atomic E-state index is 0.0987. The lowest BCUT2D eigenvalue weighted by atomic mass is 9.96. The van der Waals surface area contributed by atoms with E-state index < -0.39 is 27.5 Å². The number of halogens is 4. The van der Waals surface area contributed by atoms with Crippen molar-refractivity contribution in [2.24, 2.45) is 5.41 Å². The van der Waals surface area contributed by atoms with E-state index in [1.807, 2.05) is 50.6 Å². The maximum absolute atomic E-state index is 14.2. The van der Waals surface area contributed by atoms with E-state index in [1.54, 1.807) is 22.8 Å². The van der Waals surface area contributed by atoms with Gasteiger partial charge >= 0.3 is 6.18 Å². The fourth-order valence-corrected chi connectivity index (χ4v) is 6.16.